The van der Waals surface area contributed by atoms with Crippen molar-refractivity contribution >= 4 is 0 Å². The second kappa shape index (κ2) is 6.98. The van der Waals surface area contributed by atoms with Crippen LogP contribution in [0.1, 0.15) is 23.7 Å². The summed E-state index contributed by atoms with van der Waals surface area (Å²) in [5.74, 6) is 1.22. The minimum Gasteiger partial charge on any atom is -0.340 e. The first-order valence-electron chi connectivity index (χ1n) is 7.68. The molecule has 0 unspecified atom stereocenters. The molecule has 1 aromatic carbocycles. The second-order valence-electron chi connectivity index (χ2n) is 5.73. The molecule has 0 bridgehead atoms. The Morgan fingerprint density at radius 1 is 1.09 bits per heavy atom. The predicted molar refractivity (Wildman–Crippen MR) is 80.6 cm³/mol. The van der Waals surface area contributed by atoms with Gasteiger partial charge in [0.1, 0.15) is 5.82 Å². The number of halogens is 1. The minimum atomic E-state index is -0.120. The maximum Gasteiger partial charge on any atom is 0.223 e. The summed E-state index contributed by atoms with van der Waals surface area (Å²) < 4.78 is 18.8. The Balaban J connectivity index is 1.54. The van der Waals surface area contributed by atoms with Crippen LogP contribution >= 0.6 is 0 Å². The molecule has 2 aromatic rings. The summed E-state index contributed by atoms with van der Waals surface area (Å²) in [5.41, 5.74) is 0.768. The average molecular weight is 304 g/mol. The lowest BCUT2D eigenvalue weighted by Gasteiger charge is -2.21. The molecule has 1 aliphatic rings. The quantitative estimate of drug-likeness (QED) is 0.867. The molecule has 22 heavy (non-hydrogen) atoms. The molecule has 0 N–H and O–H groups in total. The Bertz CT molecular complexity index is 616. The average Bonchev–Trinajstić information content (AvgIpc) is 2.78. The van der Waals surface area contributed by atoms with Crippen molar-refractivity contribution in [2.75, 3.05) is 26.2 Å². The SMILES string of the molecule is Cc1nc(CN2CCCN(Cc3ccccc3F)CC2)no1. The van der Waals surface area contributed by atoms with Crippen LogP contribution in [0.2, 0.25) is 0 Å². The van der Waals surface area contributed by atoms with Crippen molar-refractivity contribution in [2.24, 2.45) is 0 Å². The lowest BCUT2D eigenvalue weighted by atomic mass is 10.2. The third kappa shape index (κ3) is 3.90. The van der Waals surface area contributed by atoms with Gasteiger partial charge in [0.05, 0.1) is 6.54 Å². The van der Waals surface area contributed by atoms with Crippen molar-refractivity contribution in [1.29, 1.82) is 0 Å². The summed E-state index contributed by atoms with van der Waals surface area (Å²) >= 11 is 0. The molecule has 0 aliphatic carbocycles. The molecule has 118 valence electrons. The first-order valence-corrected chi connectivity index (χ1v) is 7.68. The van der Waals surface area contributed by atoms with E-state index in [1.165, 1.54) is 6.07 Å². The molecule has 6 heteroatoms. The molecule has 1 fully saturated rings. The Morgan fingerprint density at radius 3 is 2.50 bits per heavy atom. The molecule has 1 aromatic heterocycles. The van der Waals surface area contributed by atoms with Crippen molar-refractivity contribution in [3.63, 3.8) is 0 Å². The maximum atomic E-state index is 13.7. The molecule has 1 saturated heterocycles. The Labute approximate surface area is 129 Å². The molecule has 0 atom stereocenters. The number of aromatic nitrogens is 2. The Hall–Kier alpha value is -1.79. The fraction of sp³-hybridized carbons (Fsp3) is 0.500. The highest BCUT2D eigenvalue weighted by Gasteiger charge is 2.17. The van der Waals surface area contributed by atoms with Crippen molar-refractivity contribution in [2.45, 2.75) is 26.4 Å². The molecule has 0 radical (unpaired) electrons. The molecular formula is C16H21FN4O. The van der Waals surface area contributed by atoms with Crippen LogP contribution in [0.25, 0.3) is 0 Å². The van der Waals surface area contributed by atoms with E-state index in [-0.39, 0.29) is 5.82 Å². The summed E-state index contributed by atoms with van der Waals surface area (Å²) in [6.07, 6.45) is 1.06. The van der Waals surface area contributed by atoms with Crippen LogP contribution in [0.3, 0.4) is 0 Å². The van der Waals surface area contributed by atoms with Crippen molar-refractivity contribution in [3.05, 3.63) is 47.4 Å². The minimum absolute atomic E-state index is 0.120. The summed E-state index contributed by atoms with van der Waals surface area (Å²) in [6, 6.07) is 7.01. The van der Waals surface area contributed by atoms with E-state index < -0.39 is 0 Å². The van der Waals surface area contributed by atoms with Gasteiger partial charge in [-0.25, -0.2) is 4.39 Å². The molecule has 3 rings (SSSR count). The van der Waals surface area contributed by atoms with Crippen molar-refractivity contribution < 1.29 is 8.91 Å². The van der Waals surface area contributed by atoms with E-state index in [4.69, 9.17) is 4.52 Å². The van der Waals surface area contributed by atoms with Gasteiger partial charge in [0.25, 0.3) is 0 Å². The van der Waals surface area contributed by atoms with Gasteiger partial charge in [-0.1, -0.05) is 23.4 Å². The lowest BCUT2D eigenvalue weighted by Crippen LogP contribution is -2.30. The van der Waals surface area contributed by atoms with Crippen LogP contribution in [0.4, 0.5) is 4.39 Å². The first kappa shape index (κ1) is 15.1. The lowest BCUT2D eigenvalue weighted by molar-refractivity contribution is 0.239. The van der Waals surface area contributed by atoms with Gasteiger partial charge in [-0.3, -0.25) is 9.80 Å². The predicted octanol–water partition coefficient (Wildman–Crippen LogP) is 2.23. The van der Waals surface area contributed by atoms with Gasteiger partial charge in [0.2, 0.25) is 5.89 Å². The Kier molecular flexibility index (Phi) is 4.80. The van der Waals surface area contributed by atoms with Gasteiger partial charge in [-0.15, -0.1) is 0 Å². The van der Waals surface area contributed by atoms with Crippen LogP contribution in [0.15, 0.2) is 28.8 Å². The van der Waals surface area contributed by atoms with E-state index in [1.54, 1.807) is 13.0 Å². The number of nitrogens with zero attached hydrogens (tertiary/aromatic N) is 4. The molecule has 5 nitrogen and oxygen atoms in total. The van der Waals surface area contributed by atoms with Crippen LogP contribution in [0, 0.1) is 12.7 Å². The van der Waals surface area contributed by atoms with E-state index in [1.807, 2.05) is 12.1 Å². The van der Waals surface area contributed by atoms with Crippen LogP contribution in [-0.4, -0.2) is 46.1 Å². The van der Waals surface area contributed by atoms with Gasteiger partial charge >= 0.3 is 0 Å². The molecule has 1 aliphatic heterocycles. The van der Waals surface area contributed by atoms with E-state index in [2.05, 4.69) is 19.9 Å². The molecule has 0 amide bonds. The van der Waals surface area contributed by atoms with Crippen LogP contribution in [-0.2, 0) is 13.1 Å². The maximum absolute atomic E-state index is 13.7. The highest BCUT2D eigenvalue weighted by atomic mass is 19.1. The summed E-state index contributed by atoms with van der Waals surface area (Å²) in [6.45, 7) is 7.02. The van der Waals surface area contributed by atoms with Crippen LogP contribution in [0.5, 0.6) is 0 Å². The molecular weight excluding hydrogens is 283 g/mol. The van der Waals surface area contributed by atoms with Gasteiger partial charge in [-0.2, -0.15) is 4.98 Å². The highest BCUT2D eigenvalue weighted by Crippen LogP contribution is 2.13. The third-order valence-electron chi connectivity index (χ3n) is 3.97. The zero-order valence-electron chi connectivity index (χ0n) is 12.8. The fourth-order valence-electron chi connectivity index (χ4n) is 2.81. The van der Waals surface area contributed by atoms with E-state index in [0.717, 1.165) is 44.0 Å². The van der Waals surface area contributed by atoms with Gasteiger partial charge in [-0.05, 0) is 25.6 Å². The van der Waals surface area contributed by atoms with Gasteiger partial charge < -0.3 is 4.52 Å². The number of hydrogen-bond donors (Lipinski definition) is 0. The standard InChI is InChI=1S/C16H21FN4O/c1-13-18-16(19-22-13)12-21-8-4-7-20(9-10-21)11-14-5-2-3-6-15(14)17/h2-3,5-6H,4,7-12H2,1H3. The highest BCUT2D eigenvalue weighted by molar-refractivity contribution is 5.17. The van der Waals surface area contributed by atoms with Crippen molar-refractivity contribution in [1.82, 2.24) is 19.9 Å². The number of hydrogen-bond acceptors (Lipinski definition) is 5. The number of benzene rings is 1. The number of aryl methyl sites for hydroxylation is 1. The topological polar surface area (TPSA) is 45.4 Å². The fourth-order valence-corrected chi connectivity index (χ4v) is 2.81. The number of rotatable bonds is 4. The summed E-state index contributed by atoms with van der Waals surface area (Å²) in [5, 5.41) is 3.95. The summed E-state index contributed by atoms with van der Waals surface area (Å²) in [4.78, 5) is 8.88. The van der Waals surface area contributed by atoms with Gasteiger partial charge in [0, 0.05) is 32.1 Å². The smallest absolute Gasteiger partial charge is 0.223 e. The normalized spacial score (nSPS) is 17.5. The zero-order chi connectivity index (χ0) is 15.4. The molecule has 2 heterocycles. The third-order valence-corrected chi connectivity index (χ3v) is 3.97. The second-order valence-corrected chi connectivity index (χ2v) is 5.73. The van der Waals surface area contributed by atoms with E-state index in [9.17, 15) is 4.39 Å². The zero-order valence-corrected chi connectivity index (χ0v) is 12.8. The first-order chi connectivity index (χ1) is 10.7. The van der Waals surface area contributed by atoms with Crippen LogP contribution < -0.4 is 0 Å². The Morgan fingerprint density at radius 2 is 1.82 bits per heavy atom. The molecule has 0 saturated carbocycles. The van der Waals surface area contributed by atoms with E-state index in [0.29, 0.717) is 19.0 Å². The monoisotopic (exact) mass is 304 g/mol. The summed E-state index contributed by atoms with van der Waals surface area (Å²) in [7, 11) is 0. The molecule has 0 spiro atoms. The van der Waals surface area contributed by atoms with Gasteiger partial charge in [0.15, 0.2) is 5.82 Å². The van der Waals surface area contributed by atoms with Crippen molar-refractivity contribution in [3.8, 4) is 0 Å². The largest absolute Gasteiger partial charge is 0.340 e. The van der Waals surface area contributed by atoms with E-state index >= 15 is 0 Å².